The van der Waals surface area contributed by atoms with Crippen LogP contribution in [0.4, 0.5) is 0 Å². The van der Waals surface area contributed by atoms with Crippen molar-refractivity contribution < 1.29 is 4.79 Å². The van der Waals surface area contributed by atoms with Gasteiger partial charge >= 0.3 is 0 Å². The summed E-state index contributed by atoms with van der Waals surface area (Å²) in [5, 5.41) is 2.81. The molecule has 1 amide bonds. The third-order valence-corrected chi connectivity index (χ3v) is 2.79. The van der Waals surface area contributed by atoms with Gasteiger partial charge in [-0.2, -0.15) is 0 Å². The largest absolute Gasteiger partial charge is 0.351 e. The molecular weight excluding hydrogens is 214 g/mol. The van der Waals surface area contributed by atoms with E-state index in [1.165, 1.54) is 0 Å². The van der Waals surface area contributed by atoms with Crippen LogP contribution in [0.2, 0.25) is 0 Å². The van der Waals surface area contributed by atoms with Gasteiger partial charge in [-0.15, -0.1) is 0 Å². The molecule has 0 bridgehead atoms. The number of nitrogens with two attached hydrogens (primary N) is 2. The van der Waals surface area contributed by atoms with E-state index in [9.17, 15) is 4.79 Å². The highest BCUT2D eigenvalue weighted by Crippen LogP contribution is 2.02. The molecule has 0 aromatic heterocycles. The zero-order valence-corrected chi connectivity index (χ0v) is 10.4. The molecular formula is C13H21N3O. The van der Waals surface area contributed by atoms with Gasteiger partial charge in [0.2, 0.25) is 5.91 Å². The van der Waals surface area contributed by atoms with E-state index in [2.05, 4.69) is 5.32 Å². The lowest BCUT2D eigenvalue weighted by Gasteiger charge is -2.20. The molecule has 4 heteroatoms. The molecule has 94 valence electrons. The fraction of sp³-hybridized carbons (Fsp3) is 0.462. The fourth-order valence-electron chi connectivity index (χ4n) is 1.42. The molecule has 5 N–H and O–H groups in total. The molecule has 1 aromatic carbocycles. The minimum atomic E-state index is -0.529. The standard InChI is InChI=1S/C13H21N3O/c1-9(14)10(2)16-13(17)12(15)8-11-6-4-3-5-7-11/h3-7,9-10,12H,8,14-15H2,1-2H3,(H,16,17)/t9-,10?,12+/m1/s1. The second-order valence-electron chi connectivity index (χ2n) is 4.45. The van der Waals surface area contributed by atoms with Crippen molar-refractivity contribution in [2.24, 2.45) is 11.5 Å². The van der Waals surface area contributed by atoms with Gasteiger partial charge in [0.1, 0.15) is 0 Å². The van der Waals surface area contributed by atoms with Crippen molar-refractivity contribution in [2.75, 3.05) is 0 Å². The summed E-state index contributed by atoms with van der Waals surface area (Å²) in [5.74, 6) is -0.154. The van der Waals surface area contributed by atoms with Crippen LogP contribution in [0.5, 0.6) is 0 Å². The summed E-state index contributed by atoms with van der Waals surface area (Å²) in [4.78, 5) is 11.8. The van der Waals surface area contributed by atoms with Gasteiger partial charge in [0.25, 0.3) is 0 Å². The Morgan fingerprint density at radius 3 is 2.35 bits per heavy atom. The normalized spacial score (nSPS) is 16.0. The molecule has 0 spiro atoms. The predicted molar refractivity (Wildman–Crippen MR) is 69.4 cm³/mol. The second-order valence-corrected chi connectivity index (χ2v) is 4.45. The molecule has 1 rings (SSSR count). The quantitative estimate of drug-likeness (QED) is 0.691. The first-order valence-electron chi connectivity index (χ1n) is 5.86. The smallest absolute Gasteiger partial charge is 0.237 e. The Labute approximate surface area is 102 Å². The molecule has 0 aliphatic carbocycles. The third kappa shape index (κ3) is 4.54. The zero-order chi connectivity index (χ0) is 12.8. The van der Waals surface area contributed by atoms with Crippen molar-refractivity contribution in [1.82, 2.24) is 5.32 Å². The fourth-order valence-corrected chi connectivity index (χ4v) is 1.42. The van der Waals surface area contributed by atoms with Crippen molar-refractivity contribution in [1.29, 1.82) is 0 Å². The lowest BCUT2D eigenvalue weighted by molar-refractivity contribution is -0.123. The highest BCUT2D eigenvalue weighted by atomic mass is 16.2. The monoisotopic (exact) mass is 235 g/mol. The number of carbonyl (C=O) groups is 1. The summed E-state index contributed by atoms with van der Waals surface area (Å²) in [6, 6.07) is 9.05. The van der Waals surface area contributed by atoms with Crippen LogP contribution in [-0.4, -0.2) is 24.0 Å². The number of nitrogens with one attached hydrogen (secondary N) is 1. The van der Waals surface area contributed by atoms with E-state index >= 15 is 0 Å². The van der Waals surface area contributed by atoms with E-state index in [1.54, 1.807) is 0 Å². The minimum absolute atomic E-state index is 0.0654. The molecule has 4 nitrogen and oxygen atoms in total. The van der Waals surface area contributed by atoms with Crippen LogP contribution in [0.1, 0.15) is 19.4 Å². The van der Waals surface area contributed by atoms with Crippen molar-refractivity contribution >= 4 is 5.91 Å². The third-order valence-electron chi connectivity index (χ3n) is 2.79. The molecule has 0 aliphatic heterocycles. The van der Waals surface area contributed by atoms with Crippen LogP contribution in [0.25, 0.3) is 0 Å². The first-order valence-corrected chi connectivity index (χ1v) is 5.86. The molecule has 0 radical (unpaired) electrons. The zero-order valence-electron chi connectivity index (χ0n) is 10.4. The van der Waals surface area contributed by atoms with Gasteiger partial charge < -0.3 is 16.8 Å². The van der Waals surface area contributed by atoms with Gasteiger partial charge in [0.15, 0.2) is 0 Å². The maximum absolute atomic E-state index is 11.8. The summed E-state index contributed by atoms with van der Waals surface area (Å²) in [6.45, 7) is 3.73. The van der Waals surface area contributed by atoms with E-state index in [0.717, 1.165) is 5.56 Å². The van der Waals surface area contributed by atoms with Gasteiger partial charge in [-0.1, -0.05) is 30.3 Å². The molecule has 0 fully saturated rings. The number of hydrogen-bond donors (Lipinski definition) is 3. The first kappa shape index (κ1) is 13.7. The van der Waals surface area contributed by atoms with Crippen LogP contribution in [-0.2, 0) is 11.2 Å². The predicted octanol–water partition coefficient (Wildman–Crippen LogP) is 0.408. The molecule has 0 aliphatic rings. The van der Waals surface area contributed by atoms with E-state index in [4.69, 9.17) is 11.5 Å². The van der Waals surface area contributed by atoms with E-state index in [-0.39, 0.29) is 18.0 Å². The van der Waals surface area contributed by atoms with Gasteiger partial charge in [0, 0.05) is 12.1 Å². The maximum Gasteiger partial charge on any atom is 0.237 e. The van der Waals surface area contributed by atoms with Gasteiger partial charge in [-0.3, -0.25) is 4.79 Å². The molecule has 3 atom stereocenters. The summed E-state index contributed by atoms with van der Waals surface area (Å²) in [7, 11) is 0. The summed E-state index contributed by atoms with van der Waals surface area (Å²) in [5.41, 5.74) is 12.6. The summed E-state index contributed by atoms with van der Waals surface area (Å²) in [6.07, 6.45) is 0.540. The molecule has 1 aromatic rings. The van der Waals surface area contributed by atoms with Crippen molar-refractivity contribution in [3.8, 4) is 0 Å². The SMILES string of the molecule is CC(NC(=O)[C@@H](N)Cc1ccccc1)[C@@H](C)N. The van der Waals surface area contributed by atoms with E-state index < -0.39 is 6.04 Å². The number of benzene rings is 1. The highest BCUT2D eigenvalue weighted by Gasteiger charge is 2.17. The van der Waals surface area contributed by atoms with Gasteiger partial charge in [-0.05, 0) is 25.8 Å². The van der Waals surface area contributed by atoms with Crippen LogP contribution in [0.15, 0.2) is 30.3 Å². The van der Waals surface area contributed by atoms with E-state index in [0.29, 0.717) is 6.42 Å². The van der Waals surface area contributed by atoms with Crippen LogP contribution >= 0.6 is 0 Å². The second kappa shape index (κ2) is 6.37. The number of amides is 1. The number of rotatable bonds is 5. The molecule has 1 unspecified atom stereocenters. The Hall–Kier alpha value is -1.39. The van der Waals surface area contributed by atoms with Crippen LogP contribution in [0, 0.1) is 0 Å². The summed E-state index contributed by atoms with van der Waals surface area (Å²) >= 11 is 0. The molecule has 17 heavy (non-hydrogen) atoms. The van der Waals surface area contributed by atoms with Crippen molar-refractivity contribution in [2.45, 2.75) is 38.4 Å². The topological polar surface area (TPSA) is 81.1 Å². The molecule has 0 heterocycles. The lowest BCUT2D eigenvalue weighted by Crippen LogP contribution is -2.50. The van der Waals surface area contributed by atoms with E-state index in [1.807, 2.05) is 44.2 Å². The Balaban J connectivity index is 2.48. The number of hydrogen-bond acceptors (Lipinski definition) is 3. The average Bonchev–Trinajstić information content (AvgIpc) is 2.29. The van der Waals surface area contributed by atoms with Gasteiger partial charge in [-0.25, -0.2) is 0 Å². The minimum Gasteiger partial charge on any atom is -0.351 e. The Kier molecular flexibility index (Phi) is 5.12. The molecule has 0 saturated heterocycles. The lowest BCUT2D eigenvalue weighted by atomic mass is 10.1. The Morgan fingerprint density at radius 1 is 1.24 bits per heavy atom. The van der Waals surface area contributed by atoms with Crippen LogP contribution < -0.4 is 16.8 Å². The van der Waals surface area contributed by atoms with Crippen LogP contribution in [0.3, 0.4) is 0 Å². The van der Waals surface area contributed by atoms with Crippen molar-refractivity contribution in [3.05, 3.63) is 35.9 Å². The maximum atomic E-state index is 11.8. The Morgan fingerprint density at radius 2 is 1.82 bits per heavy atom. The number of carbonyl (C=O) groups excluding carboxylic acids is 1. The highest BCUT2D eigenvalue weighted by molar-refractivity contribution is 5.82. The average molecular weight is 235 g/mol. The summed E-state index contributed by atoms with van der Waals surface area (Å²) < 4.78 is 0. The van der Waals surface area contributed by atoms with Gasteiger partial charge in [0.05, 0.1) is 6.04 Å². The first-order chi connectivity index (χ1) is 8.00. The molecule has 0 saturated carbocycles. The Bertz CT molecular complexity index is 351. The van der Waals surface area contributed by atoms with Crippen molar-refractivity contribution in [3.63, 3.8) is 0 Å².